The van der Waals surface area contributed by atoms with Crippen LogP contribution in [-0.2, 0) is 21.2 Å². The van der Waals surface area contributed by atoms with Gasteiger partial charge in [0.25, 0.3) is 11.7 Å². The van der Waals surface area contributed by atoms with Crippen molar-refractivity contribution in [3.8, 4) is 0 Å². The van der Waals surface area contributed by atoms with Crippen LogP contribution >= 0.6 is 0 Å². The molecule has 0 radical (unpaired) electrons. The number of aliphatic hydroxyl groups is 1. The molecule has 5 nitrogen and oxygen atoms in total. The van der Waals surface area contributed by atoms with E-state index in [9.17, 15) is 27.9 Å². The van der Waals surface area contributed by atoms with Crippen LogP contribution in [0.1, 0.15) is 54.6 Å². The number of aliphatic hydroxyl groups excluding tert-OH is 1. The number of Topliss-reactive ketones (excluding diaryl/α,β-unsaturated/α-hetero) is 1. The molecule has 1 atom stereocenters. The predicted octanol–water partition coefficient (Wildman–Crippen LogP) is 7.00. The lowest BCUT2D eigenvalue weighted by Crippen LogP contribution is -2.29. The number of ketones is 1. The normalized spacial score (nSPS) is 17.6. The van der Waals surface area contributed by atoms with Gasteiger partial charge in [-0.1, -0.05) is 45.0 Å². The minimum atomic E-state index is -4.55. The summed E-state index contributed by atoms with van der Waals surface area (Å²) in [5.41, 5.74) is 2.35. The lowest BCUT2D eigenvalue weighted by molar-refractivity contribution is -0.137. The van der Waals surface area contributed by atoms with Gasteiger partial charge < -0.3 is 10.0 Å². The second kappa shape index (κ2) is 9.91. The number of anilines is 2. The average molecular weight is 537 g/mol. The van der Waals surface area contributed by atoms with Gasteiger partial charge in [-0.15, -0.1) is 0 Å². The quantitative estimate of drug-likeness (QED) is 0.222. The number of carbonyl (C=O) groups is 2. The maximum atomic E-state index is 13.5. The molecule has 0 aromatic heterocycles. The summed E-state index contributed by atoms with van der Waals surface area (Å²) in [4.78, 5) is 29.9. The van der Waals surface area contributed by atoms with Gasteiger partial charge in [0.1, 0.15) is 5.76 Å². The molecule has 4 rings (SSSR count). The van der Waals surface area contributed by atoms with E-state index in [4.69, 9.17) is 0 Å². The largest absolute Gasteiger partial charge is 0.507 e. The third-order valence-electron chi connectivity index (χ3n) is 7.00. The first-order valence-corrected chi connectivity index (χ1v) is 12.5. The van der Waals surface area contributed by atoms with E-state index >= 15 is 0 Å². The average Bonchev–Trinajstić information content (AvgIpc) is 3.13. The molecule has 0 bridgehead atoms. The van der Waals surface area contributed by atoms with Crippen LogP contribution in [-0.4, -0.2) is 30.9 Å². The van der Waals surface area contributed by atoms with E-state index in [-0.39, 0.29) is 22.4 Å². The van der Waals surface area contributed by atoms with Crippen LogP contribution in [0.25, 0.3) is 5.76 Å². The number of rotatable bonds is 4. The molecule has 1 aliphatic heterocycles. The van der Waals surface area contributed by atoms with Gasteiger partial charge in [0, 0.05) is 31.0 Å². The van der Waals surface area contributed by atoms with Crippen molar-refractivity contribution in [1.82, 2.24) is 0 Å². The molecule has 0 aliphatic carbocycles. The van der Waals surface area contributed by atoms with E-state index in [0.29, 0.717) is 16.7 Å². The highest BCUT2D eigenvalue weighted by Crippen LogP contribution is 2.44. The fourth-order valence-electron chi connectivity index (χ4n) is 4.67. The Morgan fingerprint density at radius 1 is 0.872 bits per heavy atom. The molecule has 1 amide bonds. The van der Waals surface area contributed by atoms with E-state index in [2.05, 4.69) is 0 Å². The topological polar surface area (TPSA) is 60.9 Å². The standard InChI is InChI=1S/C31H31F3N2O3/c1-18-7-10-21(30(2,3)4)17-24(18)27(37)25-26(19-8-13-22(14-9-19)35(5)6)36(29(39)28(25)38)23-15-11-20(12-16-23)31(32,33)34/h7-17,26,37H,1-6H3/b27-25+. The highest BCUT2D eigenvalue weighted by atomic mass is 19.4. The van der Waals surface area contributed by atoms with E-state index in [1.807, 2.05) is 70.1 Å². The number of halogens is 3. The molecule has 1 saturated heterocycles. The van der Waals surface area contributed by atoms with Crippen molar-refractivity contribution in [1.29, 1.82) is 0 Å². The number of amides is 1. The van der Waals surface area contributed by atoms with Gasteiger partial charge in [-0.3, -0.25) is 14.5 Å². The van der Waals surface area contributed by atoms with Crippen LogP contribution in [0.2, 0.25) is 0 Å². The summed E-state index contributed by atoms with van der Waals surface area (Å²) in [6.45, 7) is 7.88. The number of hydrogen-bond donors (Lipinski definition) is 1. The number of benzene rings is 3. The Morgan fingerprint density at radius 3 is 1.95 bits per heavy atom. The van der Waals surface area contributed by atoms with Gasteiger partial charge in [0.05, 0.1) is 17.2 Å². The highest BCUT2D eigenvalue weighted by Gasteiger charge is 2.47. The van der Waals surface area contributed by atoms with Crippen LogP contribution in [0.5, 0.6) is 0 Å². The Labute approximate surface area is 226 Å². The molecule has 1 fully saturated rings. The Hall–Kier alpha value is -4.07. The Balaban J connectivity index is 1.95. The Bertz CT molecular complexity index is 1450. The van der Waals surface area contributed by atoms with Gasteiger partial charge in [0.15, 0.2) is 0 Å². The van der Waals surface area contributed by atoms with Crippen LogP contribution in [0, 0.1) is 6.92 Å². The minimum Gasteiger partial charge on any atom is -0.507 e. The summed E-state index contributed by atoms with van der Waals surface area (Å²) in [5.74, 6) is -2.16. The molecule has 3 aromatic carbocycles. The van der Waals surface area contributed by atoms with Crippen molar-refractivity contribution in [2.24, 2.45) is 0 Å². The molecule has 1 aliphatic rings. The first-order chi connectivity index (χ1) is 18.1. The van der Waals surface area contributed by atoms with E-state index in [0.717, 1.165) is 28.3 Å². The second-order valence-corrected chi connectivity index (χ2v) is 11.0. The molecular formula is C31H31F3N2O3. The number of aryl methyl sites for hydroxylation is 1. The van der Waals surface area contributed by atoms with Crippen molar-refractivity contribution >= 4 is 28.8 Å². The SMILES string of the molecule is Cc1ccc(C(C)(C)C)cc1/C(O)=C1\C(=O)C(=O)N(c2ccc(C(F)(F)F)cc2)C1c1ccc(N(C)C)cc1. The number of carbonyl (C=O) groups excluding carboxylic acids is 2. The highest BCUT2D eigenvalue weighted by molar-refractivity contribution is 6.51. The summed E-state index contributed by atoms with van der Waals surface area (Å²) in [5, 5.41) is 11.6. The van der Waals surface area contributed by atoms with Gasteiger partial charge in [-0.05, 0) is 71.5 Å². The Morgan fingerprint density at radius 2 is 1.44 bits per heavy atom. The molecule has 0 saturated carbocycles. The third-order valence-corrected chi connectivity index (χ3v) is 7.00. The molecule has 1 heterocycles. The van der Waals surface area contributed by atoms with E-state index in [1.165, 1.54) is 12.1 Å². The zero-order valence-electron chi connectivity index (χ0n) is 22.7. The minimum absolute atomic E-state index is 0.117. The molecule has 0 spiro atoms. The number of nitrogens with zero attached hydrogens (tertiary/aromatic N) is 2. The monoisotopic (exact) mass is 536 g/mol. The third kappa shape index (κ3) is 5.28. The zero-order chi connectivity index (χ0) is 28.9. The molecule has 1 unspecified atom stereocenters. The second-order valence-electron chi connectivity index (χ2n) is 11.0. The summed E-state index contributed by atoms with van der Waals surface area (Å²) < 4.78 is 39.6. The van der Waals surface area contributed by atoms with Crippen LogP contribution in [0.3, 0.4) is 0 Å². The van der Waals surface area contributed by atoms with Crippen LogP contribution < -0.4 is 9.80 Å². The molecule has 39 heavy (non-hydrogen) atoms. The summed E-state index contributed by atoms with van der Waals surface area (Å²) >= 11 is 0. The molecule has 3 aromatic rings. The first-order valence-electron chi connectivity index (χ1n) is 12.5. The number of hydrogen-bond acceptors (Lipinski definition) is 4. The molecule has 8 heteroatoms. The maximum Gasteiger partial charge on any atom is 0.416 e. The van der Waals surface area contributed by atoms with Crippen molar-refractivity contribution in [2.45, 2.75) is 45.3 Å². The van der Waals surface area contributed by atoms with Gasteiger partial charge in [0.2, 0.25) is 0 Å². The van der Waals surface area contributed by atoms with E-state index < -0.39 is 29.5 Å². The first kappa shape index (κ1) is 28.0. The predicted molar refractivity (Wildman–Crippen MR) is 147 cm³/mol. The maximum absolute atomic E-state index is 13.5. The van der Waals surface area contributed by atoms with Gasteiger partial charge >= 0.3 is 6.18 Å². The lowest BCUT2D eigenvalue weighted by Gasteiger charge is -2.26. The zero-order valence-corrected chi connectivity index (χ0v) is 22.7. The van der Waals surface area contributed by atoms with Crippen LogP contribution in [0.4, 0.5) is 24.5 Å². The molecule has 1 N–H and O–H groups in total. The van der Waals surface area contributed by atoms with Crippen molar-refractivity contribution in [3.05, 3.63) is 100 Å². The number of alkyl halides is 3. The summed E-state index contributed by atoms with van der Waals surface area (Å²) in [7, 11) is 3.74. The smallest absolute Gasteiger partial charge is 0.416 e. The fourth-order valence-corrected chi connectivity index (χ4v) is 4.67. The van der Waals surface area contributed by atoms with Crippen LogP contribution in [0.15, 0.2) is 72.3 Å². The van der Waals surface area contributed by atoms with Crippen molar-refractivity contribution in [3.63, 3.8) is 0 Å². The lowest BCUT2D eigenvalue weighted by atomic mass is 9.84. The molecule has 204 valence electrons. The van der Waals surface area contributed by atoms with Crippen molar-refractivity contribution < 1.29 is 27.9 Å². The van der Waals surface area contributed by atoms with Gasteiger partial charge in [-0.2, -0.15) is 13.2 Å². The summed E-state index contributed by atoms with van der Waals surface area (Å²) in [6, 6.07) is 15.8. The Kier molecular flexibility index (Phi) is 7.10. The van der Waals surface area contributed by atoms with Crippen molar-refractivity contribution in [2.75, 3.05) is 23.9 Å². The fraction of sp³-hybridized carbons (Fsp3) is 0.290. The van der Waals surface area contributed by atoms with Gasteiger partial charge in [-0.25, -0.2) is 0 Å². The molecular weight excluding hydrogens is 505 g/mol. The summed E-state index contributed by atoms with van der Waals surface area (Å²) in [6.07, 6.45) is -4.55. The van der Waals surface area contributed by atoms with E-state index in [1.54, 1.807) is 19.1 Å².